The van der Waals surface area contributed by atoms with Crippen LogP contribution in [-0.4, -0.2) is 47.6 Å². The molecule has 2 heterocycles. The minimum atomic E-state index is -0.428. The zero-order valence-electron chi connectivity index (χ0n) is 16.2. The van der Waals surface area contributed by atoms with E-state index in [1.165, 1.54) is 9.80 Å². The van der Waals surface area contributed by atoms with Crippen molar-refractivity contribution in [2.24, 2.45) is 0 Å². The van der Waals surface area contributed by atoms with Crippen LogP contribution in [0.4, 0.5) is 0 Å². The molecule has 7 nitrogen and oxygen atoms in total. The summed E-state index contributed by atoms with van der Waals surface area (Å²) in [6.45, 7) is 0.574. The number of rotatable bonds is 4. The monoisotopic (exact) mass is 488 g/mol. The first kappa shape index (κ1) is 20.4. The largest absolute Gasteiger partial charge is 0.488 e. The van der Waals surface area contributed by atoms with Gasteiger partial charge in [-0.05, 0) is 69.6 Å². The summed E-state index contributed by atoms with van der Waals surface area (Å²) in [6, 6.07) is 11.0. The Balaban J connectivity index is 1.50. The smallest absolute Gasteiger partial charge is 0.265 e. The molecule has 2 aliphatic rings. The van der Waals surface area contributed by atoms with Gasteiger partial charge in [0, 0.05) is 14.1 Å². The summed E-state index contributed by atoms with van der Waals surface area (Å²) >= 11 is 8.59. The number of fused-ring (bicyclic) bond motifs is 1. The predicted molar refractivity (Wildman–Crippen MR) is 117 cm³/mol. The minimum Gasteiger partial charge on any atom is -0.488 e. The van der Waals surface area contributed by atoms with E-state index in [1.54, 1.807) is 38.4 Å². The van der Waals surface area contributed by atoms with E-state index >= 15 is 0 Å². The third-order valence-electron chi connectivity index (χ3n) is 4.74. The molecule has 2 aliphatic heterocycles. The summed E-state index contributed by atoms with van der Waals surface area (Å²) < 4.78 is 17.3. The molecule has 0 aliphatic carbocycles. The Morgan fingerprint density at radius 2 is 1.77 bits per heavy atom. The molecule has 2 aromatic rings. The van der Waals surface area contributed by atoms with Gasteiger partial charge in [-0.1, -0.05) is 12.1 Å². The Bertz CT molecular complexity index is 1070. The lowest BCUT2D eigenvalue weighted by molar-refractivity contribution is -0.132. The number of benzene rings is 2. The van der Waals surface area contributed by atoms with E-state index in [0.29, 0.717) is 28.1 Å². The topological polar surface area (TPSA) is 68.3 Å². The number of nitrogens with zero attached hydrogens (tertiary/aromatic N) is 2. The molecular formula is C21H17BrN2O5S. The molecule has 0 aromatic heterocycles. The maximum absolute atomic E-state index is 12.5. The van der Waals surface area contributed by atoms with E-state index < -0.39 is 11.8 Å². The van der Waals surface area contributed by atoms with Crippen LogP contribution in [0.15, 0.2) is 46.4 Å². The molecule has 0 radical (unpaired) electrons. The van der Waals surface area contributed by atoms with E-state index in [0.717, 1.165) is 11.3 Å². The van der Waals surface area contributed by atoms with Crippen molar-refractivity contribution in [2.75, 3.05) is 20.9 Å². The number of amides is 2. The first-order chi connectivity index (χ1) is 14.3. The zero-order valence-corrected chi connectivity index (χ0v) is 18.6. The van der Waals surface area contributed by atoms with Crippen LogP contribution in [0.3, 0.4) is 0 Å². The van der Waals surface area contributed by atoms with Gasteiger partial charge in [0.25, 0.3) is 11.8 Å². The Kier molecular flexibility index (Phi) is 5.48. The summed E-state index contributed by atoms with van der Waals surface area (Å²) in [4.78, 5) is 27.5. The Morgan fingerprint density at radius 1 is 1.07 bits per heavy atom. The highest BCUT2D eigenvalue weighted by Crippen LogP contribution is 2.33. The van der Waals surface area contributed by atoms with Crippen LogP contribution < -0.4 is 14.2 Å². The van der Waals surface area contributed by atoms with Gasteiger partial charge in [0.05, 0.1) is 4.47 Å². The van der Waals surface area contributed by atoms with Crippen LogP contribution in [0, 0.1) is 0 Å². The SMILES string of the molecule is CN1C(=O)C(=Cc2ccc(OCc3ccc4c(c3)OCO4)c(Br)c2)C(=O)N(C)C1=S. The van der Waals surface area contributed by atoms with Crippen molar-refractivity contribution in [3.05, 3.63) is 57.6 Å². The number of carbonyl (C=O) groups excluding carboxylic acids is 2. The lowest BCUT2D eigenvalue weighted by Gasteiger charge is -2.31. The van der Waals surface area contributed by atoms with E-state index in [-0.39, 0.29) is 17.5 Å². The first-order valence-corrected chi connectivity index (χ1v) is 10.2. The van der Waals surface area contributed by atoms with Crippen molar-refractivity contribution in [3.63, 3.8) is 0 Å². The fourth-order valence-electron chi connectivity index (χ4n) is 3.06. The molecule has 0 atom stereocenters. The number of carbonyl (C=O) groups is 2. The van der Waals surface area contributed by atoms with Gasteiger partial charge >= 0.3 is 0 Å². The zero-order chi connectivity index (χ0) is 21.4. The lowest BCUT2D eigenvalue weighted by atomic mass is 10.1. The maximum atomic E-state index is 12.5. The van der Waals surface area contributed by atoms with Crippen LogP contribution in [0.2, 0.25) is 0 Å². The van der Waals surface area contributed by atoms with Crippen LogP contribution in [-0.2, 0) is 16.2 Å². The molecule has 0 unspecified atom stereocenters. The first-order valence-electron chi connectivity index (χ1n) is 8.98. The van der Waals surface area contributed by atoms with Crippen LogP contribution >= 0.6 is 28.1 Å². The maximum Gasteiger partial charge on any atom is 0.265 e. The van der Waals surface area contributed by atoms with Gasteiger partial charge in [0.2, 0.25) is 6.79 Å². The number of halogens is 1. The lowest BCUT2D eigenvalue weighted by Crippen LogP contribution is -2.52. The third-order valence-corrected chi connectivity index (χ3v) is 5.91. The van der Waals surface area contributed by atoms with Gasteiger partial charge in [0.15, 0.2) is 16.6 Å². The molecule has 30 heavy (non-hydrogen) atoms. The summed E-state index contributed by atoms with van der Waals surface area (Å²) in [7, 11) is 3.09. The van der Waals surface area contributed by atoms with Crippen molar-refractivity contribution in [3.8, 4) is 17.2 Å². The van der Waals surface area contributed by atoms with Gasteiger partial charge in [-0.15, -0.1) is 0 Å². The Hall–Kier alpha value is -2.91. The summed E-state index contributed by atoms with van der Waals surface area (Å²) in [5.41, 5.74) is 1.68. The highest BCUT2D eigenvalue weighted by molar-refractivity contribution is 9.10. The van der Waals surface area contributed by atoms with Crippen molar-refractivity contribution in [2.45, 2.75) is 6.61 Å². The van der Waals surface area contributed by atoms with Crippen molar-refractivity contribution >= 4 is 51.2 Å². The van der Waals surface area contributed by atoms with E-state index in [1.807, 2.05) is 18.2 Å². The second-order valence-corrected chi connectivity index (χ2v) is 7.95. The van der Waals surface area contributed by atoms with Crippen molar-refractivity contribution in [1.29, 1.82) is 0 Å². The van der Waals surface area contributed by atoms with E-state index in [4.69, 9.17) is 26.4 Å². The number of thiocarbonyl (C=S) groups is 1. The fourth-order valence-corrected chi connectivity index (χ4v) is 3.73. The normalized spacial score (nSPS) is 15.7. The second-order valence-electron chi connectivity index (χ2n) is 6.74. The summed E-state index contributed by atoms with van der Waals surface area (Å²) in [6.07, 6.45) is 1.55. The summed E-state index contributed by atoms with van der Waals surface area (Å²) in [5.74, 6) is 1.20. The van der Waals surface area contributed by atoms with Gasteiger partial charge in [-0.3, -0.25) is 19.4 Å². The van der Waals surface area contributed by atoms with Gasteiger partial charge in [-0.2, -0.15) is 0 Å². The highest BCUT2D eigenvalue weighted by atomic mass is 79.9. The quantitative estimate of drug-likeness (QED) is 0.373. The molecule has 9 heteroatoms. The van der Waals surface area contributed by atoms with Crippen molar-refractivity contribution in [1.82, 2.24) is 9.80 Å². The van der Waals surface area contributed by atoms with Gasteiger partial charge in [-0.25, -0.2) is 0 Å². The van der Waals surface area contributed by atoms with E-state index in [2.05, 4.69) is 15.9 Å². The van der Waals surface area contributed by atoms with Gasteiger partial charge < -0.3 is 14.2 Å². The third kappa shape index (κ3) is 3.78. The molecule has 4 rings (SSSR count). The standard InChI is InChI=1S/C21H17BrN2O5S/c1-23-19(25)14(20(26)24(2)21(23)30)7-12-3-5-16(15(22)8-12)27-10-13-4-6-17-18(9-13)29-11-28-17/h3-9H,10-11H2,1-2H3. The Labute approximate surface area is 186 Å². The molecule has 0 spiro atoms. The van der Waals surface area contributed by atoms with Crippen LogP contribution in [0.5, 0.6) is 17.2 Å². The Morgan fingerprint density at radius 3 is 2.47 bits per heavy atom. The number of hydrogen-bond donors (Lipinski definition) is 0. The highest BCUT2D eigenvalue weighted by Gasteiger charge is 2.35. The van der Waals surface area contributed by atoms with Crippen molar-refractivity contribution < 1.29 is 23.8 Å². The molecule has 1 fully saturated rings. The molecule has 2 amide bonds. The summed E-state index contributed by atoms with van der Waals surface area (Å²) in [5, 5.41) is 0.176. The average Bonchev–Trinajstić information content (AvgIpc) is 3.21. The van der Waals surface area contributed by atoms with Gasteiger partial charge in [0.1, 0.15) is 17.9 Å². The number of ether oxygens (including phenoxy) is 3. The molecule has 0 bridgehead atoms. The molecule has 1 saturated heterocycles. The molecule has 2 aromatic carbocycles. The van der Waals surface area contributed by atoms with Crippen LogP contribution in [0.1, 0.15) is 11.1 Å². The number of likely N-dealkylation sites (N-methyl/N-ethyl adjacent to an activating group) is 2. The minimum absolute atomic E-state index is 0.0505. The van der Waals surface area contributed by atoms with Crippen LogP contribution in [0.25, 0.3) is 6.08 Å². The second kappa shape index (κ2) is 8.08. The fraction of sp³-hybridized carbons (Fsp3) is 0.190. The molecule has 154 valence electrons. The molecule has 0 saturated carbocycles. The van der Waals surface area contributed by atoms with E-state index in [9.17, 15) is 9.59 Å². The molecular weight excluding hydrogens is 472 g/mol. The molecule has 0 N–H and O–H groups in total. The average molecular weight is 489 g/mol. The number of hydrogen-bond acceptors (Lipinski definition) is 6. The predicted octanol–water partition coefficient (Wildman–Crippen LogP) is 3.36.